The summed E-state index contributed by atoms with van der Waals surface area (Å²) in [5.74, 6) is 0.641. The van der Waals surface area contributed by atoms with Crippen LogP contribution in [0.5, 0.6) is 0 Å². The molecule has 1 heterocycles. The first kappa shape index (κ1) is 22.1. The predicted octanol–water partition coefficient (Wildman–Crippen LogP) is 6.37. The van der Waals surface area contributed by atoms with E-state index in [9.17, 15) is 5.26 Å². The molecule has 0 aliphatic carbocycles. The van der Waals surface area contributed by atoms with Gasteiger partial charge in [-0.15, -0.1) is 12.4 Å². The van der Waals surface area contributed by atoms with Gasteiger partial charge in [0.2, 0.25) is 0 Å². The molecule has 2 aromatic carbocycles. The molecule has 3 rings (SSSR count). The molecule has 1 aliphatic rings. The van der Waals surface area contributed by atoms with Gasteiger partial charge in [0, 0.05) is 0 Å². The van der Waals surface area contributed by atoms with E-state index in [0.29, 0.717) is 10.0 Å². The fraction of sp³-hybridized carbons (Fsp3) is 0.409. The molecule has 2 nitrogen and oxygen atoms in total. The van der Waals surface area contributed by atoms with Crippen molar-refractivity contribution in [3.05, 3.63) is 69.7 Å². The second kappa shape index (κ2) is 10.9. The lowest BCUT2D eigenvalue weighted by Gasteiger charge is -2.32. The summed E-state index contributed by atoms with van der Waals surface area (Å²) in [5.41, 5.74) is 2.40. The standard InChI is InChI=1S/C22H24Cl2N2.ClH/c23-21-7-6-19(15-22(21)24)20(16-25)10-13-26-11-8-18(9-12-26)14-17-4-2-1-3-5-17;/h1-7,15,18,20H,8-14H2;1H. The van der Waals surface area contributed by atoms with Crippen molar-refractivity contribution in [2.45, 2.75) is 31.6 Å². The Bertz CT molecular complexity index is 750. The Morgan fingerprint density at radius 2 is 1.74 bits per heavy atom. The summed E-state index contributed by atoms with van der Waals surface area (Å²) < 4.78 is 0. The number of piperidine rings is 1. The smallest absolute Gasteiger partial charge is 0.0725 e. The number of halogens is 3. The van der Waals surface area contributed by atoms with Crippen molar-refractivity contribution in [2.75, 3.05) is 19.6 Å². The van der Waals surface area contributed by atoms with Crippen molar-refractivity contribution in [2.24, 2.45) is 5.92 Å². The zero-order chi connectivity index (χ0) is 18.4. The second-order valence-electron chi connectivity index (χ2n) is 7.12. The van der Waals surface area contributed by atoms with Crippen LogP contribution < -0.4 is 0 Å². The van der Waals surface area contributed by atoms with Gasteiger partial charge in [0.25, 0.3) is 0 Å². The van der Waals surface area contributed by atoms with Crippen LogP contribution in [-0.2, 0) is 6.42 Å². The molecular weight excluding hydrogens is 399 g/mol. The molecule has 1 fully saturated rings. The molecule has 0 saturated carbocycles. The summed E-state index contributed by atoms with van der Waals surface area (Å²) in [7, 11) is 0. The zero-order valence-electron chi connectivity index (χ0n) is 15.3. The van der Waals surface area contributed by atoms with Gasteiger partial charge in [-0.2, -0.15) is 5.26 Å². The van der Waals surface area contributed by atoms with Crippen LogP contribution in [0.1, 0.15) is 36.3 Å². The minimum absolute atomic E-state index is 0. The zero-order valence-corrected chi connectivity index (χ0v) is 17.6. The molecule has 0 bridgehead atoms. The lowest BCUT2D eigenvalue weighted by Crippen LogP contribution is -2.35. The Balaban J connectivity index is 0.00000261. The number of benzene rings is 2. The van der Waals surface area contributed by atoms with Crippen LogP contribution >= 0.6 is 35.6 Å². The minimum Gasteiger partial charge on any atom is -0.303 e. The minimum atomic E-state index is -0.133. The average Bonchev–Trinajstić information content (AvgIpc) is 2.67. The molecule has 27 heavy (non-hydrogen) atoms. The third-order valence-electron chi connectivity index (χ3n) is 5.31. The van der Waals surface area contributed by atoms with Crippen LogP contribution in [0.15, 0.2) is 48.5 Å². The topological polar surface area (TPSA) is 27.0 Å². The van der Waals surface area contributed by atoms with Crippen molar-refractivity contribution in [3.63, 3.8) is 0 Å². The van der Waals surface area contributed by atoms with Crippen molar-refractivity contribution >= 4 is 35.6 Å². The monoisotopic (exact) mass is 422 g/mol. The number of hydrogen-bond donors (Lipinski definition) is 0. The summed E-state index contributed by atoms with van der Waals surface area (Å²) in [6.45, 7) is 3.20. The molecular formula is C22H25Cl3N2. The Kier molecular flexibility index (Phi) is 8.93. The maximum absolute atomic E-state index is 9.53. The van der Waals surface area contributed by atoms with Crippen LogP contribution in [0.2, 0.25) is 10.0 Å². The van der Waals surface area contributed by atoms with Gasteiger partial charge in [0.1, 0.15) is 0 Å². The highest BCUT2D eigenvalue weighted by atomic mass is 35.5. The number of nitriles is 1. The van der Waals surface area contributed by atoms with E-state index in [-0.39, 0.29) is 18.3 Å². The molecule has 144 valence electrons. The highest BCUT2D eigenvalue weighted by molar-refractivity contribution is 6.42. The van der Waals surface area contributed by atoms with Gasteiger partial charge in [-0.3, -0.25) is 0 Å². The van der Waals surface area contributed by atoms with Crippen LogP contribution in [0, 0.1) is 17.2 Å². The lowest BCUT2D eigenvalue weighted by molar-refractivity contribution is 0.181. The lowest BCUT2D eigenvalue weighted by atomic mass is 9.89. The summed E-state index contributed by atoms with van der Waals surface area (Å²) >= 11 is 12.1. The van der Waals surface area contributed by atoms with E-state index in [1.165, 1.54) is 24.8 Å². The van der Waals surface area contributed by atoms with Gasteiger partial charge in [0.15, 0.2) is 0 Å². The number of likely N-dealkylation sites (tertiary alicyclic amines) is 1. The number of nitrogens with zero attached hydrogens (tertiary/aromatic N) is 2. The van der Waals surface area contributed by atoms with Gasteiger partial charge in [-0.1, -0.05) is 59.6 Å². The van der Waals surface area contributed by atoms with E-state index < -0.39 is 0 Å². The van der Waals surface area contributed by atoms with Crippen molar-refractivity contribution < 1.29 is 0 Å². The molecule has 0 aromatic heterocycles. The first-order chi connectivity index (χ1) is 12.7. The predicted molar refractivity (Wildman–Crippen MR) is 116 cm³/mol. The summed E-state index contributed by atoms with van der Waals surface area (Å²) in [4.78, 5) is 2.49. The Hall–Kier alpha value is -1.24. The first-order valence-corrected chi connectivity index (χ1v) is 10.0. The highest BCUT2D eigenvalue weighted by Crippen LogP contribution is 2.29. The number of hydrogen-bond acceptors (Lipinski definition) is 2. The molecule has 1 atom stereocenters. The maximum Gasteiger partial charge on any atom is 0.0725 e. The van der Waals surface area contributed by atoms with E-state index >= 15 is 0 Å². The summed E-state index contributed by atoms with van der Waals surface area (Å²) in [5, 5.41) is 10.6. The van der Waals surface area contributed by atoms with Gasteiger partial charge in [-0.25, -0.2) is 0 Å². The van der Waals surface area contributed by atoms with Crippen molar-refractivity contribution in [3.8, 4) is 6.07 Å². The molecule has 2 aromatic rings. The van der Waals surface area contributed by atoms with E-state index in [4.69, 9.17) is 23.2 Å². The van der Waals surface area contributed by atoms with Crippen LogP contribution in [0.25, 0.3) is 0 Å². The Morgan fingerprint density at radius 1 is 1.04 bits per heavy atom. The molecule has 5 heteroatoms. The third-order valence-corrected chi connectivity index (χ3v) is 6.05. The average molecular weight is 424 g/mol. The molecule has 0 radical (unpaired) electrons. The third kappa shape index (κ3) is 6.40. The molecule has 1 saturated heterocycles. The maximum atomic E-state index is 9.53. The molecule has 0 spiro atoms. The fourth-order valence-electron chi connectivity index (χ4n) is 3.71. The highest BCUT2D eigenvalue weighted by Gasteiger charge is 2.21. The first-order valence-electron chi connectivity index (χ1n) is 9.26. The van der Waals surface area contributed by atoms with E-state index in [1.54, 1.807) is 6.07 Å². The van der Waals surface area contributed by atoms with E-state index in [0.717, 1.165) is 37.5 Å². The van der Waals surface area contributed by atoms with Crippen molar-refractivity contribution in [1.82, 2.24) is 4.90 Å². The van der Waals surface area contributed by atoms with Crippen LogP contribution in [0.4, 0.5) is 0 Å². The summed E-state index contributed by atoms with van der Waals surface area (Å²) in [6.07, 6.45) is 4.48. The molecule has 0 N–H and O–H groups in total. The summed E-state index contributed by atoms with van der Waals surface area (Å²) in [6, 6.07) is 18.7. The van der Waals surface area contributed by atoms with E-state index in [1.807, 2.05) is 12.1 Å². The Labute approximate surface area is 178 Å². The molecule has 1 aliphatic heterocycles. The number of rotatable bonds is 6. The van der Waals surface area contributed by atoms with Crippen molar-refractivity contribution in [1.29, 1.82) is 5.26 Å². The Morgan fingerprint density at radius 3 is 2.37 bits per heavy atom. The molecule has 0 amide bonds. The fourth-order valence-corrected chi connectivity index (χ4v) is 4.01. The van der Waals surface area contributed by atoms with Crippen LogP contribution in [0.3, 0.4) is 0 Å². The molecule has 1 unspecified atom stereocenters. The van der Waals surface area contributed by atoms with Gasteiger partial charge in [0.05, 0.1) is 22.0 Å². The largest absolute Gasteiger partial charge is 0.303 e. The SMILES string of the molecule is Cl.N#CC(CCN1CCC(Cc2ccccc2)CC1)c1ccc(Cl)c(Cl)c1. The van der Waals surface area contributed by atoms with Gasteiger partial charge in [-0.05, 0) is 74.5 Å². The van der Waals surface area contributed by atoms with E-state index in [2.05, 4.69) is 41.3 Å². The normalized spacial score (nSPS) is 16.3. The van der Waals surface area contributed by atoms with Gasteiger partial charge >= 0.3 is 0 Å². The van der Waals surface area contributed by atoms with Gasteiger partial charge < -0.3 is 4.90 Å². The van der Waals surface area contributed by atoms with Crippen LogP contribution in [-0.4, -0.2) is 24.5 Å². The second-order valence-corrected chi connectivity index (χ2v) is 7.93. The quantitative estimate of drug-likeness (QED) is 0.540.